The molecule has 0 bridgehead atoms. The topological polar surface area (TPSA) is 47.0 Å². The predicted octanol–water partition coefficient (Wildman–Crippen LogP) is 1.10. The van der Waals surface area contributed by atoms with Crippen LogP contribution in [0.15, 0.2) is 17.3 Å². The Labute approximate surface area is 72.4 Å². The van der Waals surface area contributed by atoms with Gasteiger partial charge in [-0.15, -0.1) is 0 Å². The summed E-state index contributed by atoms with van der Waals surface area (Å²) >= 11 is 0. The highest BCUT2D eigenvalue weighted by molar-refractivity contribution is 7.90. The van der Waals surface area contributed by atoms with Gasteiger partial charge < -0.3 is 0 Å². The zero-order valence-corrected chi connectivity index (χ0v) is 8.14. The molecule has 0 aliphatic heterocycles. The Morgan fingerprint density at radius 2 is 1.92 bits per heavy atom. The van der Waals surface area contributed by atoms with Gasteiger partial charge in [-0.25, -0.2) is 13.4 Å². The van der Waals surface area contributed by atoms with Crippen LogP contribution in [0.5, 0.6) is 0 Å². The van der Waals surface area contributed by atoms with Crippen LogP contribution in [0.3, 0.4) is 0 Å². The van der Waals surface area contributed by atoms with E-state index < -0.39 is 9.84 Å². The van der Waals surface area contributed by atoms with Crippen LogP contribution in [0.4, 0.5) is 0 Å². The van der Waals surface area contributed by atoms with Crippen molar-refractivity contribution in [2.75, 3.05) is 6.26 Å². The summed E-state index contributed by atoms with van der Waals surface area (Å²) < 4.78 is 22.2. The maximum Gasteiger partial charge on any atom is 0.193 e. The van der Waals surface area contributed by atoms with E-state index in [1.807, 2.05) is 13.0 Å². The average Bonchev–Trinajstić information content (AvgIpc) is 1.83. The minimum atomic E-state index is -3.16. The molecule has 0 saturated heterocycles. The summed E-state index contributed by atoms with van der Waals surface area (Å²) in [5.41, 5.74) is 1.68. The summed E-state index contributed by atoms with van der Waals surface area (Å²) in [7, 11) is -3.16. The van der Waals surface area contributed by atoms with Crippen molar-refractivity contribution in [2.24, 2.45) is 0 Å². The van der Waals surface area contributed by atoms with Crippen molar-refractivity contribution in [3.8, 4) is 0 Å². The molecule has 4 heteroatoms. The normalized spacial score (nSPS) is 11.6. The predicted molar refractivity (Wildman–Crippen MR) is 46.8 cm³/mol. The van der Waals surface area contributed by atoms with Crippen LogP contribution < -0.4 is 0 Å². The van der Waals surface area contributed by atoms with E-state index in [4.69, 9.17) is 0 Å². The van der Waals surface area contributed by atoms with Crippen molar-refractivity contribution in [3.63, 3.8) is 0 Å². The third-order valence-electron chi connectivity index (χ3n) is 1.52. The third kappa shape index (κ3) is 1.82. The number of hydrogen-bond acceptors (Lipinski definition) is 3. The summed E-state index contributed by atoms with van der Waals surface area (Å²) in [6.45, 7) is 3.63. The Hall–Kier alpha value is -0.900. The molecule has 0 aromatic carbocycles. The maximum atomic E-state index is 11.1. The second-order valence-corrected chi connectivity index (χ2v) is 4.84. The molecule has 1 rings (SSSR count). The first-order valence-corrected chi connectivity index (χ1v) is 5.43. The van der Waals surface area contributed by atoms with E-state index in [0.717, 1.165) is 11.8 Å². The summed E-state index contributed by atoms with van der Waals surface area (Å²) in [5.74, 6) is 0. The van der Waals surface area contributed by atoms with E-state index in [0.29, 0.717) is 5.56 Å². The first kappa shape index (κ1) is 9.19. The van der Waals surface area contributed by atoms with E-state index in [-0.39, 0.29) is 5.03 Å². The van der Waals surface area contributed by atoms with E-state index in [9.17, 15) is 8.42 Å². The second kappa shape index (κ2) is 2.86. The largest absolute Gasteiger partial charge is 0.244 e. The van der Waals surface area contributed by atoms with Crippen LogP contribution in [0.2, 0.25) is 0 Å². The van der Waals surface area contributed by atoms with Crippen molar-refractivity contribution in [1.82, 2.24) is 4.98 Å². The van der Waals surface area contributed by atoms with Gasteiger partial charge in [0.2, 0.25) is 0 Å². The van der Waals surface area contributed by atoms with Crippen LogP contribution in [0, 0.1) is 13.8 Å². The first-order valence-electron chi connectivity index (χ1n) is 3.54. The van der Waals surface area contributed by atoms with Gasteiger partial charge in [0, 0.05) is 12.5 Å². The first-order chi connectivity index (χ1) is 5.41. The minimum Gasteiger partial charge on any atom is -0.244 e. The molecule has 0 saturated carbocycles. The summed E-state index contributed by atoms with van der Waals surface area (Å²) in [5, 5.41) is 0.174. The van der Waals surface area contributed by atoms with Crippen molar-refractivity contribution >= 4 is 9.84 Å². The highest BCUT2D eigenvalue weighted by Gasteiger charge is 2.11. The SMILES string of the molecule is Cc1cnc(S(C)(=O)=O)c(C)c1. The Balaban J connectivity index is 3.39. The van der Waals surface area contributed by atoms with Crippen LogP contribution in [0.1, 0.15) is 11.1 Å². The molecule has 0 fully saturated rings. The van der Waals surface area contributed by atoms with Gasteiger partial charge in [-0.3, -0.25) is 0 Å². The molecular weight excluding hydrogens is 174 g/mol. The van der Waals surface area contributed by atoms with Crippen LogP contribution in [-0.4, -0.2) is 19.7 Å². The molecule has 0 amide bonds. The molecule has 0 radical (unpaired) electrons. The van der Waals surface area contributed by atoms with Crippen molar-refractivity contribution in [3.05, 3.63) is 23.4 Å². The average molecular weight is 185 g/mol. The van der Waals surface area contributed by atoms with Gasteiger partial charge in [0.05, 0.1) is 0 Å². The summed E-state index contributed by atoms with van der Waals surface area (Å²) in [6, 6.07) is 1.81. The van der Waals surface area contributed by atoms with Gasteiger partial charge in [0.15, 0.2) is 14.9 Å². The molecule has 0 aliphatic rings. The molecule has 1 aromatic rings. The highest BCUT2D eigenvalue weighted by atomic mass is 32.2. The lowest BCUT2D eigenvalue weighted by Crippen LogP contribution is -2.03. The van der Waals surface area contributed by atoms with E-state index in [1.54, 1.807) is 13.1 Å². The number of rotatable bonds is 1. The van der Waals surface area contributed by atoms with Gasteiger partial charge in [0.25, 0.3) is 0 Å². The molecule has 3 nitrogen and oxygen atoms in total. The van der Waals surface area contributed by atoms with E-state index in [1.165, 1.54) is 0 Å². The summed E-state index contributed by atoms with van der Waals surface area (Å²) in [6.07, 6.45) is 2.72. The molecule has 0 atom stereocenters. The summed E-state index contributed by atoms with van der Waals surface area (Å²) in [4.78, 5) is 3.86. The molecule has 66 valence electrons. The number of pyridine rings is 1. The van der Waals surface area contributed by atoms with Gasteiger partial charge in [-0.2, -0.15) is 0 Å². The third-order valence-corrected chi connectivity index (χ3v) is 2.65. The fourth-order valence-corrected chi connectivity index (χ4v) is 1.98. The zero-order valence-electron chi connectivity index (χ0n) is 7.33. The Morgan fingerprint density at radius 1 is 1.33 bits per heavy atom. The molecule has 0 unspecified atom stereocenters. The molecule has 1 heterocycles. The van der Waals surface area contributed by atoms with Gasteiger partial charge in [-0.05, 0) is 25.0 Å². The van der Waals surface area contributed by atoms with Crippen LogP contribution >= 0.6 is 0 Å². The Kier molecular flexibility index (Phi) is 2.19. The van der Waals surface area contributed by atoms with Crippen LogP contribution in [-0.2, 0) is 9.84 Å². The van der Waals surface area contributed by atoms with Crippen molar-refractivity contribution < 1.29 is 8.42 Å². The van der Waals surface area contributed by atoms with E-state index >= 15 is 0 Å². The monoisotopic (exact) mass is 185 g/mol. The number of hydrogen-bond donors (Lipinski definition) is 0. The lowest BCUT2D eigenvalue weighted by atomic mass is 10.2. The molecule has 12 heavy (non-hydrogen) atoms. The number of aromatic nitrogens is 1. The van der Waals surface area contributed by atoms with E-state index in [2.05, 4.69) is 4.98 Å². The quantitative estimate of drug-likeness (QED) is 0.658. The lowest BCUT2D eigenvalue weighted by Gasteiger charge is -2.01. The number of nitrogens with zero attached hydrogens (tertiary/aromatic N) is 1. The minimum absolute atomic E-state index is 0.174. The van der Waals surface area contributed by atoms with Crippen molar-refractivity contribution in [1.29, 1.82) is 0 Å². The Morgan fingerprint density at radius 3 is 2.33 bits per heavy atom. The van der Waals surface area contributed by atoms with Gasteiger partial charge in [-0.1, -0.05) is 6.07 Å². The molecule has 0 N–H and O–H groups in total. The van der Waals surface area contributed by atoms with Crippen molar-refractivity contribution in [2.45, 2.75) is 18.9 Å². The maximum absolute atomic E-state index is 11.1. The molecule has 0 aliphatic carbocycles. The van der Waals surface area contributed by atoms with Crippen LogP contribution in [0.25, 0.3) is 0 Å². The fourth-order valence-electron chi connectivity index (χ4n) is 1.09. The fraction of sp³-hybridized carbons (Fsp3) is 0.375. The lowest BCUT2D eigenvalue weighted by molar-refractivity contribution is 0.597. The molecular formula is C8H11NO2S. The number of sulfone groups is 1. The smallest absolute Gasteiger partial charge is 0.193 e. The Bertz CT molecular complexity index is 396. The highest BCUT2D eigenvalue weighted by Crippen LogP contribution is 2.12. The van der Waals surface area contributed by atoms with Gasteiger partial charge >= 0.3 is 0 Å². The number of aryl methyl sites for hydroxylation is 2. The second-order valence-electron chi connectivity index (χ2n) is 2.91. The zero-order chi connectivity index (χ0) is 9.35. The molecule has 0 spiro atoms. The molecule has 1 aromatic heterocycles. The standard InChI is InChI=1S/C8H11NO2S/c1-6-4-7(2)8(9-5-6)12(3,10)11/h4-5H,1-3H3. The van der Waals surface area contributed by atoms with Gasteiger partial charge in [0.1, 0.15) is 0 Å².